The predicted molar refractivity (Wildman–Crippen MR) is 101 cm³/mol. The van der Waals surface area contributed by atoms with Gasteiger partial charge in [0.15, 0.2) is 0 Å². The van der Waals surface area contributed by atoms with E-state index in [1.54, 1.807) is 23.9 Å². The van der Waals surface area contributed by atoms with E-state index in [9.17, 15) is 4.39 Å². The first-order valence-corrected chi connectivity index (χ1v) is 9.12. The molecule has 4 aromatic rings. The second kappa shape index (κ2) is 7.17. The van der Waals surface area contributed by atoms with Crippen LogP contribution in [0.2, 0.25) is 0 Å². The van der Waals surface area contributed by atoms with Crippen molar-refractivity contribution in [2.45, 2.75) is 17.6 Å². The number of imidazole rings is 1. The summed E-state index contributed by atoms with van der Waals surface area (Å²) >= 11 is 1.70. The maximum atomic E-state index is 13.3. The highest BCUT2D eigenvalue weighted by Gasteiger charge is 2.06. The first kappa shape index (κ1) is 16.6. The number of ether oxygens (including phenoxy) is 1. The number of aromatic amines is 1. The molecule has 2 aromatic heterocycles. The van der Waals surface area contributed by atoms with Crippen LogP contribution in [0, 0.1) is 12.7 Å². The fourth-order valence-corrected chi connectivity index (χ4v) is 3.45. The monoisotopic (exact) mass is 365 g/mol. The molecule has 0 saturated heterocycles. The fourth-order valence-electron chi connectivity index (χ4n) is 2.60. The Morgan fingerprint density at radius 2 is 1.96 bits per heavy atom. The number of aryl methyl sites for hydroxylation is 1. The minimum Gasteiger partial charge on any atom is -0.457 e. The van der Waals surface area contributed by atoms with Crippen molar-refractivity contribution in [1.29, 1.82) is 0 Å². The molecule has 0 bridgehead atoms. The molecule has 0 fully saturated rings. The van der Waals surface area contributed by atoms with Gasteiger partial charge >= 0.3 is 0 Å². The van der Waals surface area contributed by atoms with Gasteiger partial charge in [-0.05, 0) is 43.3 Å². The summed E-state index contributed by atoms with van der Waals surface area (Å²) in [4.78, 5) is 13.3. The summed E-state index contributed by atoms with van der Waals surface area (Å²) in [5.41, 5.74) is 2.76. The Labute approximate surface area is 154 Å². The van der Waals surface area contributed by atoms with Crippen molar-refractivity contribution in [1.82, 2.24) is 15.0 Å². The van der Waals surface area contributed by atoms with E-state index in [0.717, 1.165) is 33.2 Å². The lowest BCUT2D eigenvalue weighted by atomic mass is 10.3. The van der Waals surface area contributed by atoms with Crippen molar-refractivity contribution in [3.63, 3.8) is 0 Å². The smallest absolute Gasteiger partial charge is 0.130 e. The van der Waals surface area contributed by atoms with Crippen LogP contribution in [0.5, 0.6) is 11.5 Å². The highest BCUT2D eigenvalue weighted by Crippen LogP contribution is 2.27. The van der Waals surface area contributed by atoms with Gasteiger partial charge in [-0.25, -0.2) is 9.37 Å². The van der Waals surface area contributed by atoms with Gasteiger partial charge in [-0.1, -0.05) is 6.07 Å². The van der Waals surface area contributed by atoms with Crippen LogP contribution in [0.25, 0.3) is 11.0 Å². The number of hydrogen-bond acceptors (Lipinski definition) is 4. The maximum Gasteiger partial charge on any atom is 0.130 e. The van der Waals surface area contributed by atoms with Crippen LogP contribution >= 0.6 is 11.8 Å². The zero-order chi connectivity index (χ0) is 17.9. The molecular formula is C20H16FN3OS. The molecule has 0 aliphatic rings. The van der Waals surface area contributed by atoms with Crippen LogP contribution < -0.4 is 4.74 Å². The van der Waals surface area contributed by atoms with Crippen molar-refractivity contribution in [2.24, 2.45) is 0 Å². The summed E-state index contributed by atoms with van der Waals surface area (Å²) in [5.74, 6) is 2.40. The SMILES string of the molecule is Cc1cc(SCc2nc3ccc(Oc4cccc(F)c4)cc3[nH]2)ccn1. The van der Waals surface area contributed by atoms with Crippen LogP contribution in [-0.2, 0) is 5.75 Å². The van der Waals surface area contributed by atoms with E-state index < -0.39 is 0 Å². The normalized spacial score (nSPS) is 11.0. The number of thioether (sulfide) groups is 1. The van der Waals surface area contributed by atoms with Gasteiger partial charge in [-0.3, -0.25) is 4.98 Å². The Kier molecular flexibility index (Phi) is 4.58. The average Bonchev–Trinajstić information content (AvgIpc) is 3.02. The molecule has 4 rings (SSSR count). The molecule has 0 aliphatic heterocycles. The molecule has 0 aliphatic carbocycles. The average molecular weight is 365 g/mol. The van der Waals surface area contributed by atoms with Gasteiger partial charge in [-0.2, -0.15) is 0 Å². The number of rotatable bonds is 5. The van der Waals surface area contributed by atoms with E-state index in [4.69, 9.17) is 4.74 Å². The summed E-state index contributed by atoms with van der Waals surface area (Å²) in [6.07, 6.45) is 1.81. The zero-order valence-corrected chi connectivity index (χ0v) is 14.9. The zero-order valence-electron chi connectivity index (χ0n) is 14.1. The van der Waals surface area contributed by atoms with Gasteiger partial charge < -0.3 is 9.72 Å². The van der Waals surface area contributed by atoms with Crippen LogP contribution in [0.15, 0.2) is 65.7 Å². The first-order valence-electron chi connectivity index (χ1n) is 8.13. The van der Waals surface area contributed by atoms with Gasteiger partial charge in [0.05, 0.1) is 16.8 Å². The number of aromatic nitrogens is 3. The fraction of sp³-hybridized carbons (Fsp3) is 0.100. The molecule has 0 atom stereocenters. The molecule has 0 amide bonds. The minimum absolute atomic E-state index is 0.323. The first-order chi connectivity index (χ1) is 12.7. The molecule has 0 unspecified atom stereocenters. The molecule has 1 N–H and O–H groups in total. The second-order valence-corrected chi connectivity index (χ2v) is 6.89. The standard InChI is InChI=1S/C20H16FN3OS/c1-13-9-17(7-8-22-13)26-12-20-23-18-6-5-16(11-19(18)24-20)25-15-4-2-3-14(21)10-15/h2-11H,12H2,1H3,(H,23,24). The number of nitrogens with one attached hydrogen (secondary N) is 1. The van der Waals surface area contributed by atoms with E-state index in [0.29, 0.717) is 11.5 Å². The van der Waals surface area contributed by atoms with Gasteiger partial charge in [0.25, 0.3) is 0 Å². The Morgan fingerprint density at radius 1 is 1.08 bits per heavy atom. The van der Waals surface area contributed by atoms with E-state index in [2.05, 4.69) is 21.0 Å². The number of pyridine rings is 1. The number of nitrogens with zero attached hydrogens (tertiary/aromatic N) is 2. The van der Waals surface area contributed by atoms with Crippen molar-refractivity contribution >= 4 is 22.8 Å². The molecule has 2 heterocycles. The third kappa shape index (κ3) is 3.86. The van der Waals surface area contributed by atoms with E-state index in [-0.39, 0.29) is 5.82 Å². The van der Waals surface area contributed by atoms with Crippen molar-refractivity contribution in [2.75, 3.05) is 0 Å². The number of benzene rings is 2. The van der Waals surface area contributed by atoms with Crippen molar-refractivity contribution < 1.29 is 9.13 Å². The third-order valence-electron chi connectivity index (χ3n) is 3.78. The lowest BCUT2D eigenvalue weighted by molar-refractivity contribution is 0.477. The summed E-state index contributed by atoms with van der Waals surface area (Å²) in [6.45, 7) is 1.98. The van der Waals surface area contributed by atoms with E-state index in [1.165, 1.54) is 12.1 Å². The molecule has 6 heteroatoms. The molecule has 0 saturated carbocycles. The van der Waals surface area contributed by atoms with Crippen LogP contribution in [-0.4, -0.2) is 15.0 Å². The topological polar surface area (TPSA) is 50.8 Å². The highest BCUT2D eigenvalue weighted by molar-refractivity contribution is 7.98. The largest absolute Gasteiger partial charge is 0.457 e. The molecule has 2 aromatic carbocycles. The van der Waals surface area contributed by atoms with Gasteiger partial charge in [0, 0.05) is 28.9 Å². The van der Waals surface area contributed by atoms with Gasteiger partial charge in [0.1, 0.15) is 23.1 Å². The summed E-state index contributed by atoms with van der Waals surface area (Å²) < 4.78 is 19.0. The van der Waals surface area contributed by atoms with Gasteiger partial charge in [-0.15, -0.1) is 11.8 Å². The van der Waals surface area contributed by atoms with Crippen molar-refractivity contribution in [3.05, 3.63) is 78.1 Å². The highest BCUT2D eigenvalue weighted by atomic mass is 32.2. The second-order valence-electron chi connectivity index (χ2n) is 5.84. The lowest BCUT2D eigenvalue weighted by Crippen LogP contribution is -1.85. The van der Waals surface area contributed by atoms with Crippen LogP contribution in [0.1, 0.15) is 11.5 Å². The summed E-state index contributed by atoms with van der Waals surface area (Å²) in [5, 5.41) is 0. The predicted octanol–water partition coefficient (Wildman–Crippen LogP) is 5.49. The Hall–Kier alpha value is -2.86. The molecule has 0 radical (unpaired) electrons. The number of halogens is 1. The summed E-state index contributed by atoms with van der Waals surface area (Å²) in [6, 6.07) is 15.7. The van der Waals surface area contributed by atoms with Crippen LogP contribution in [0.3, 0.4) is 0 Å². The Balaban J connectivity index is 1.50. The molecule has 0 spiro atoms. The van der Waals surface area contributed by atoms with E-state index >= 15 is 0 Å². The third-order valence-corrected chi connectivity index (χ3v) is 4.78. The number of fused-ring (bicyclic) bond motifs is 1. The quantitative estimate of drug-likeness (QED) is 0.475. The Morgan fingerprint density at radius 3 is 2.81 bits per heavy atom. The maximum absolute atomic E-state index is 13.3. The summed E-state index contributed by atoms with van der Waals surface area (Å²) in [7, 11) is 0. The molecule has 130 valence electrons. The lowest BCUT2D eigenvalue weighted by Gasteiger charge is -2.05. The number of hydrogen-bond donors (Lipinski definition) is 1. The molecule has 4 nitrogen and oxygen atoms in total. The Bertz CT molecular complexity index is 1060. The van der Waals surface area contributed by atoms with Gasteiger partial charge in [0.2, 0.25) is 0 Å². The molecular weight excluding hydrogens is 349 g/mol. The molecule has 26 heavy (non-hydrogen) atoms. The van der Waals surface area contributed by atoms with E-state index in [1.807, 2.05) is 37.4 Å². The minimum atomic E-state index is -0.323. The van der Waals surface area contributed by atoms with Crippen molar-refractivity contribution in [3.8, 4) is 11.5 Å². The van der Waals surface area contributed by atoms with Crippen LogP contribution in [0.4, 0.5) is 4.39 Å². The number of H-pyrrole nitrogens is 1.